The van der Waals surface area contributed by atoms with E-state index >= 15 is 0 Å². The van der Waals surface area contributed by atoms with E-state index in [2.05, 4.69) is 15.4 Å². The van der Waals surface area contributed by atoms with Crippen LogP contribution in [0.3, 0.4) is 0 Å². The lowest BCUT2D eigenvalue weighted by atomic mass is 9.87. The highest BCUT2D eigenvalue weighted by Crippen LogP contribution is 2.28. The third-order valence-corrected chi connectivity index (χ3v) is 5.47. The van der Waals surface area contributed by atoms with Gasteiger partial charge in [0.1, 0.15) is 11.5 Å². The summed E-state index contributed by atoms with van der Waals surface area (Å²) in [6.45, 7) is 0.170. The molecule has 0 radical (unpaired) electrons. The summed E-state index contributed by atoms with van der Waals surface area (Å²) in [5.74, 6) is -1.98. The van der Waals surface area contributed by atoms with Gasteiger partial charge in [-0.1, -0.05) is 6.07 Å². The maximum atomic E-state index is 12.3. The van der Waals surface area contributed by atoms with Gasteiger partial charge in [0.05, 0.1) is 12.0 Å². The number of ether oxygens (including phenoxy) is 2. The quantitative estimate of drug-likeness (QED) is 0.458. The molecule has 8 nitrogen and oxygen atoms in total. The molecule has 3 rings (SSSR count). The molecule has 2 amide bonds. The lowest BCUT2D eigenvalue weighted by molar-refractivity contribution is -0.274. The molecule has 0 heterocycles. The van der Waals surface area contributed by atoms with Crippen molar-refractivity contribution in [3.63, 3.8) is 0 Å². The van der Waals surface area contributed by atoms with Gasteiger partial charge in [-0.05, 0) is 68.1 Å². The van der Waals surface area contributed by atoms with Crippen molar-refractivity contribution >= 4 is 17.8 Å². The van der Waals surface area contributed by atoms with E-state index in [0.29, 0.717) is 37.0 Å². The molecule has 2 aromatic carbocycles. The number of aliphatic carboxylic acids is 1. The molecule has 188 valence electrons. The van der Waals surface area contributed by atoms with Crippen molar-refractivity contribution < 1.29 is 42.1 Å². The summed E-state index contributed by atoms with van der Waals surface area (Å²) in [4.78, 5) is 35.4. The summed E-state index contributed by atoms with van der Waals surface area (Å²) in [7, 11) is 0. The predicted octanol–water partition coefficient (Wildman–Crippen LogP) is 3.77. The van der Waals surface area contributed by atoms with Gasteiger partial charge >= 0.3 is 12.3 Å². The molecule has 0 saturated heterocycles. The van der Waals surface area contributed by atoms with Crippen LogP contribution in [0.4, 0.5) is 13.2 Å². The third kappa shape index (κ3) is 8.20. The number of carbonyl (C=O) groups is 3. The van der Waals surface area contributed by atoms with E-state index in [1.54, 1.807) is 24.3 Å². The summed E-state index contributed by atoms with van der Waals surface area (Å²) >= 11 is 0. The van der Waals surface area contributed by atoms with Gasteiger partial charge in [0, 0.05) is 24.2 Å². The van der Waals surface area contributed by atoms with Crippen molar-refractivity contribution in [2.24, 2.45) is 5.92 Å². The topological polar surface area (TPSA) is 114 Å². The first-order valence-corrected chi connectivity index (χ1v) is 11.0. The number of carboxylic acid groups (broad SMARTS) is 1. The zero-order valence-corrected chi connectivity index (χ0v) is 18.6. The minimum Gasteiger partial charge on any atom is -0.490 e. The maximum Gasteiger partial charge on any atom is 0.573 e. The average molecular weight is 494 g/mol. The van der Waals surface area contributed by atoms with Crippen LogP contribution in [0.2, 0.25) is 0 Å². The summed E-state index contributed by atoms with van der Waals surface area (Å²) < 4.78 is 46.6. The Bertz CT molecular complexity index is 1030. The van der Waals surface area contributed by atoms with Crippen molar-refractivity contribution in [2.75, 3.05) is 13.1 Å². The van der Waals surface area contributed by atoms with E-state index in [4.69, 9.17) is 9.84 Å². The van der Waals surface area contributed by atoms with Gasteiger partial charge < -0.3 is 25.2 Å². The number of carbonyl (C=O) groups excluding carboxylic acids is 2. The van der Waals surface area contributed by atoms with Gasteiger partial charge in [-0.3, -0.25) is 14.4 Å². The van der Waals surface area contributed by atoms with E-state index in [0.717, 1.165) is 12.1 Å². The average Bonchev–Trinajstić information content (AvgIpc) is 2.81. The Labute approximate surface area is 199 Å². The van der Waals surface area contributed by atoms with Crippen molar-refractivity contribution in [3.8, 4) is 11.5 Å². The van der Waals surface area contributed by atoms with Crippen LogP contribution in [0.25, 0.3) is 0 Å². The van der Waals surface area contributed by atoms with Crippen LogP contribution in [0, 0.1) is 5.92 Å². The molecule has 1 aliphatic carbocycles. The summed E-state index contributed by atoms with van der Waals surface area (Å²) in [6, 6.07) is 11.2. The zero-order chi connectivity index (χ0) is 25.4. The van der Waals surface area contributed by atoms with Crippen LogP contribution in [-0.2, 0) is 4.79 Å². The van der Waals surface area contributed by atoms with E-state index in [1.807, 2.05) is 0 Å². The van der Waals surface area contributed by atoms with Crippen molar-refractivity contribution in [3.05, 3.63) is 59.7 Å². The normalized spacial score (nSPS) is 17.8. The minimum atomic E-state index is -4.86. The predicted molar refractivity (Wildman–Crippen MR) is 118 cm³/mol. The highest BCUT2D eigenvalue weighted by atomic mass is 19.4. The molecule has 0 bridgehead atoms. The number of hydrogen-bond donors (Lipinski definition) is 3. The molecular formula is C24H25F3N2O6. The number of alkyl halides is 3. The van der Waals surface area contributed by atoms with Crippen LogP contribution in [0.1, 0.15) is 46.4 Å². The molecular weight excluding hydrogens is 469 g/mol. The molecule has 1 aliphatic rings. The van der Waals surface area contributed by atoms with Crippen LogP contribution < -0.4 is 20.1 Å². The van der Waals surface area contributed by atoms with Crippen molar-refractivity contribution in [1.29, 1.82) is 0 Å². The Morgan fingerprint density at radius 3 is 2.03 bits per heavy atom. The molecule has 3 N–H and O–H groups in total. The molecule has 0 spiro atoms. The monoisotopic (exact) mass is 494 g/mol. The van der Waals surface area contributed by atoms with E-state index < -0.39 is 24.0 Å². The second kappa shape index (κ2) is 11.6. The molecule has 0 unspecified atom stereocenters. The molecule has 35 heavy (non-hydrogen) atoms. The van der Waals surface area contributed by atoms with Gasteiger partial charge in [-0.2, -0.15) is 0 Å². The first-order chi connectivity index (χ1) is 16.6. The summed E-state index contributed by atoms with van der Waals surface area (Å²) in [5.41, 5.74) is 0.375. The standard InChI is InChI=1S/C24H25F3N2O6/c25-24(26,27)35-20-3-1-2-17(14-20)22(31)29-13-12-28-21(30)15-4-8-18(9-5-15)34-19-10-6-16(7-11-19)23(32)33/h1-5,8-9,14,16,19H,6-7,10-13H2,(H,28,30)(H,29,31)(H,32,33)/t16-,19+. The highest BCUT2D eigenvalue weighted by molar-refractivity contribution is 5.95. The lowest BCUT2D eigenvalue weighted by Crippen LogP contribution is -2.34. The molecule has 1 saturated carbocycles. The Morgan fingerprint density at radius 1 is 0.857 bits per heavy atom. The van der Waals surface area contributed by atoms with Gasteiger partial charge in [-0.15, -0.1) is 13.2 Å². The number of rotatable bonds is 9. The van der Waals surface area contributed by atoms with E-state index in [-0.39, 0.29) is 36.6 Å². The molecule has 11 heteroatoms. The fourth-order valence-corrected chi connectivity index (χ4v) is 3.70. The van der Waals surface area contributed by atoms with E-state index in [1.165, 1.54) is 12.1 Å². The largest absolute Gasteiger partial charge is 0.573 e. The molecule has 0 atom stereocenters. The third-order valence-electron chi connectivity index (χ3n) is 5.47. The second-order valence-electron chi connectivity index (χ2n) is 8.04. The lowest BCUT2D eigenvalue weighted by Gasteiger charge is -2.26. The number of carboxylic acids is 1. The number of nitrogens with one attached hydrogen (secondary N) is 2. The number of benzene rings is 2. The SMILES string of the molecule is O=C(NCCNC(=O)c1cccc(OC(F)(F)F)c1)c1ccc(O[C@H]2CC[C@@H](C(=O)O)CC2)cc1. The van der Waals surface area contributed by atoms with Crippen molar-refractivity contribution in [2.45, 2.75) is 38.1 Å². The Morgan fingerprint density at radius 2 is 1.46 bits per heavy atom. The molecule has 0 aliphatic heterocycles. The maximum absolute atomic E-state index is 12.3. The second-order valence-corrected chi connectivity index (χ2v) is 8.04. The van der Waals surface area contributed by atoms with Gasteiger partial charge in [0.15, 0.2) is 0 Å². The fourth-order valence-electron chi connectivity index (χ4n) is 3.70. The van der Waals surface area contributed by atoms with Crippen LogP contribution in [0.15, 0.2) is 48.5 Å². The molecule has 2 aromatic rings. The van der Waals surface area contributed by atoms with Crippen LogP contribution in [-0.4, -0.2) is 48.4 Å². The fraction of sp³-hybridized carbons (Fsp3) is 0.375. The summed E-state index contributed by atoms with van der Waals surface area (Å²) in [6.07, 6.45) is -2.46. The zero-order valence-electron chi connectivity index (χ0n) is 18.6. The van der Waals surface area contributed by atoms with Crippen LogP contribution >= 0.6 is 0 Å². The summed E-state index contributed by atoms with van der Waals surface area (Å²) in [5, 5.41) is 14.2. The number of hydrogen-bond acceptors (Lipinski definition) is 5. The molecule has 0 aromatic heterocycles. The van der Waals surface area contributed by atoms with Crippen molar-refractivity contribution in [1.82, 2.24) is 10.6 Å². The molecule has 1 fully saturated rings. The van der Waals surface area contributed by atoms with Gasteiger partial charge in [0.2, 0.25) is 0 Å². The highest BCUT2D eigenvalue weighted by Gasteiger charge is 2.31. The number of amides is 2. The minimum absolute atomic E-state index is 0.00916. The Kier molecular flexibility index (Phi) is 8.56. The van der Waals surface area contributed by atoms with Gasteiger partial charge in [0.25, 0.3) is 11.8 Å². The Hall–Kier alpha value is -3.76. The van der Waals surface area contributed by atoms with Gasteiger partial charge in [-0.25, -0.2) is 0 Å². The number of halogens is 3. The van der Waals surface area contributed by atoms with E-state index in [9.17, 15) is 27.6 Å². The smallest absolute Gasteiger partial charge is 0.490 e. The Balaban J connectivity index is 1.39. The van der Waals surface area contributed by atoms with Crippen LogP contribution in [0.5, 0.6) is 11.5 Å². The first kappa shape index (κ1) is 25.9. The first-order valence-electron chi connectivity index (χ1n) is 11.0.